The molecule has 10 heteroatoms. The number of aryl methyl sites for hydroxylation is 1. The van der Waals surface area contributed by atoms with Gasteiger partial charge in [-0.3, -0.25) is 0 Å². The number of nitrogens with zero attached hydrogens (tertiary/aromatic N) is 5. The van der Waals surface area contributed by atoms with Crippen LogP contribution in [0.15, 0.2) is 24.3 Å². The molecule has 0 bridgehead atoms. The van der Waals surface area contributed by atoms with Crippen LogP contribution >= 0.6 is 0 Å². The van der Waals surface area contributed by atoms with Gasteiger partial charge in [-0.2, -0.15) is 4.68 Å². The molecule has 0 saturated carbocycles. The van der Waals surface area contributed by atoms with Gasteiger partial charge in [0.05, 0.1) is 17.2 Å². The van der Waals surface area contributed by atoms with Crippen molar-refractivity contribution in [1.82, 2.24) is 25.1 Å². The van der Waals surface area contributed by atoms with Crippen LogP contribution in [0.25, 0.3) is 5.69 Å². The van der Waals surface area contributed by atoms with Gasteiger partial charge in [-0.05, 0) is 54.5 Å². The number of tetrazole rings is 1. The van der Waals surface area contributed by atoms with Gasteiger partial charge in [-0.15, -0.1) is 5.10 Å². The lowest BCUT2D eigenvalue weighted by Crippen LogP contribution is -2.44. The van der Waals surface area contributed by atoms with Crippen LogP contribution in [0.1, 0.15) is 18.7 Å². The van der Waals surface area contributed by atoms with Crippen LogP contribution in [0.4, 0.5) is 10.5 Å². The summed E-state index contributed by atoms with van der Waals surface area (Å²) in [5.74, 6) is 0.939. The van der Waals surface area contributed by atoms with Crippen LogP contribution < -0.4 is 5.32 Å². The number of hydrogen-bond donors (Lipinski definition) is 1. The highest BCUT2D eigenvalue weighted by atomic mass is 32.2. The highest BCUT2D eigenvalue weighted by molar-refractivity contribution is 7.91. The van der Waals surface area contributed by atoms with Crippen LogP contribution in [0, 0.1) is 6.92 Å². The van der Waals surface area contributed by atoms with Crippen molar-refractivity contribution in [1.29, 1.82) is 0 Å². The third-order valence-corrected chi connectivity index (χ3v) is 6.10. The smallest absolute Gasteiger partial charge is 0.321 e. The van der Waals surface area contributed by atoms with Gasteiger partial charge in [0.1, 0.15) is 9.84 Å². The summed E-state index contributed by atoms with van der Waals surface area (Å²) >= 11 is 0. The molecule has 2 heterocycles. The summed E-state index contributed by atoms with van der Waals surface area (Å²) in [6.07, 6.45) is 0.952. The molecular weight excluding hydrogens is 344 g/mol. The molecule has 1 saturated heterocycles. The fraction of sp³-hybridized carbons (Fsp3) is 0.467. The first-order valence-electron chi connectivity index (χ1n) is 7.95. The molecule has 25 heavy (non-hydrogen) atoms. The second-order valence-electron chi connectivity index (χ2n) is 6.11. The monoisotopic (exact) mass is 364 g/mol. The van der Waals surface area contributed by atoms with E-state index in [1.165, 1.54) is 0 Å². The maximum Gasteiger partial charge on any atom is 0.321 e. The Kier molecular flexibility index (Phi) is 4.71. The number of sulfone groups is 1. The SMILES string of the molecule is Cc1nnnn1-c1ccc(NC(=O)N(C)C2CCS(=O)(=O)CC2)cc1. The van der Waals surface area contributed by atoms with E-state index in [1.54, 1.807) is 35.7 Å². The lowest BCUT2D eigenvalue weighted by atomic mass is 10.1. The molecule has 1 N–H and O–H groups in total. The van der Waals surface area contributed by atoms with E-state index in [4.69, 9.17) is 0 Å². The lowest BCUT2D eigenvalue weighted by Gasteiger charge is -2.31. The van der Waals surface area contributed by atoms with Gasteiger partial charge in [0.25, 0.3) is 0 Å². The van der Waals surface area contributed by atoms with Crippen molar-refractivity contribution >= 4 is 21.6 Å². The van der Waals surface area contributed by atoms with Gasteiger partial charge in [-0.1, -0.05) is 0 Å². The Morgan fingerprint density at radius 1 is 1.24 bits per heavy atom. The Balaban J connectivity index is 1.62. The summed E-state index contributed by atoms with van der Waals surface area (Å²) in [6.45, 7) is 1.80. The van der Waals surface area contributed by atoms with E-state index in [0.29, 0.717) is 24.4 Å². The Bertz CT molecular complexity index is 848. The second-order valence-corrected chi connectivity index (χ2v) is 8.41. The summed E-state index contributed by atoms with van der Waals surface area (Å²) in [4.78, 5) is 13.9. The summed E-state index contributed by atoms with van der Waals surface area (Å²) in [5.41, 5.74) is 1.45. The van der Waals surface area contributed by atoms with Gasteiger partial charge in [0.2, 0.25) is 0 Å². The maximum absolute atomic E-state index is 12.4. The molecule has 2 aromatic rings. The average molecular weight is 364 g/mol. The molecule has 0 spiro atoms. The number of rotatable bonds is 3. The van der Waals surface area contributed by atoms with Crippen LogP contribution in [0.3, 0.4) is 0 Å². The molecule has 1 fully saturated rings. The average Bonchev–Trinajstić information content (AvgIpc) is 3.01. The standard InChI is InChI=1S/C15H20N6O3S/c1-11-17-18-19-21(11)14-5-3-12(4-6-14)16-15(22)20(2)13-7-9-25(23,24)10-8-13/h3-6,13H,7-10H2,1-2H3,(H,16,22). The molecule has 3 rings (SSSR count). The van der Waals surface area contributed by atoms with E-state index in [2.05, 4.69) is 20.8 Å². The summed E-state index contributed by atoms with van der Waals surface area (Å²) in [7, 11) is -1.25. The van der Waals surface area contributed by atoms with E-state index in [-0.39, 0.29) is 23.6 Å². The van der Waals surface area contributed by atoms with Crippen LogP contribution in [-0.4, -0.2) is 64.2 Å². The normalized spacial score (nSPS) is 17.2. The van der Waals surface area contributed by atoms with Crippen molar-refractivity contribution in [2.75, 3.05) is 23.9 Å². The first kappa shape index (κ1) is 17.3. The molecule has 0 aliphatic carbocycles. The fourth-order valence-corrected chi connectivity index (χ4v) is 4.27. The number of nitrogens with one attached hydrogen (secondary N) is 1. The third-order valence-electron chi connectivity index (χ3n) is 4.38. The molecule has 134 valence electrons. The van der Waals surface area contributed by atoms with Crippen LogP contribution in [0.2, 0.25) is 0 Å². The zero-order chi connectivity index (χ0) is 18.0. The lowest BCUT2D eigenvalue weighted by molar-refractivity contribution is 0.199. The number of anilines is 1. The number of aromatic nitrogens is 4. The zero-order valence-electron chi connectivity index (χ0n) is 14.1. The van der Waals surface area contributed by atoms with Crippen LogP contribution in [0.5, 0.6) is 0 Å². The molecule has 0 atom stereocenters. The number of urea groups is 1. The number of amides is 2. The molecule has 2 amide bonds. The van der Waals surface area contributed by atoms with Crippen molar-refractivity contribution in [3.63, 3.8) is 0 Å². The Morgan fingerprint density at radius 3 is 2.44 bits per heavy atom. The minimum atomic E-state index is -2.94. The first-order valence-corrected chi connectivity index (χ1v) is 9.77. The Labute approximate surface area is 145 Å². The Hall–Kier alpha value is -2.49. The summed E-state index contributed by atoms with van der Waals surface area (Å²) in [5, 5.41) is 14.1. The Morgan fingerprint density at radius 2 is 1.88 bits per heavy atom. The van der Waals surface area contributed by atoms with Gasteiger partial charge < -0.3 is 10.2 Å². The third kappa shape index (κ3) is 3.95. The first-order chi connectivity index (χ1) is 11.9. The minimum Gasteiger partial charge on any atom is -0.325 e. The number of hydrogen-bond acceptors (Lipinski definition) is 6. The molecule has 0 radical (unpaired) electrons. The quantitative estimate of drug-likeness (QED) is 0.870. The summed E-state index contributed by atoms with van der Waals surface area (Å²) < 4.78 is 24.6. The fourth-order valence-electron chi connectivity index (χ4n) is 2.80. The molecule has 1 aromatic carbocycles. The molecule has 0 unspecified atom stereocenters. The summed E-state index contributed by atoms with van der Waals surface area (Å²) in [6, 6.07) is 6.85. The number of carbonyl (C=O) groups excluding carboxylic acids is 1. The topological polar surface area (TPSA) is 110 Å². The van der Waals surface area contributed by atoms with Crippen molar-refractivity contribution in [2.24, 2.45) is 0 Å². The van der Waals surface area contributed by atoms with E-state index >= 15 is 0 Å². The molecule has 1 aromatic heterocycles. The highest BCUT2D eigenvalue weighted by Gasteiger charge is 2.28. The van der Waals surface area contributed by atoms with E-state index in [1.807, 2.05) is 12.1 Å². The van der Waals surface area contributed by atoms with E-state index in [9.17, 15) is 13.2 Å². The van der Waals surface area contributed by atoms with Crippen molar-refractivity contribution in [3.8, 4) is 5.69 Å². The van der Waals surface area contributed by atoms with Crippen molar-refractivity contribution in [3.05, 3.63) is 30.1 Å². The van der Waals surface area contributed by atoms with Crippen molar-refractivity contribution < 1.29 is 13.2 Å². The van der Waals surface area contributed by atoms with Gasteiger partial charge in [-0.25, -0.2) is 13.2 Å². The van der Waals surface area contributed by atoms with Crippen LogP contribution in [-0.2, 0) is 9.84 Å². The maximum atomic E-state index is 12.4. The number of benzene rings is 1. The minimum absolute atomic E-state index is 0.0633. The highest BCUT2D eigenvalue weighted by Crippen LogP contribution is 2.19. The molecule has 9 nitrogen and oxygen atoms in total. The van der Waals surface area contributed by atoms with E-state index in [0.717, 1.165) is 5.69 Å². The van der Waals surface area contributed by atoms with Gasteiger partial charge >= 0.3 is 6.03 Å². The predicted molar refractivity (Wildman–Crippen MR) is 92.3 cm³/mol. The number of carbonyl (C=O) groups is 1. The molecular formula is C15H20N6O3S. The van der Waals surface area contributed by atoms with Gasteiger partial charge in [0, 0.05) is 18.8 Å². The molecule has 1 aliphatic heterocycles. The molecule has 1 aliphatic rings. The van der Waals surface area contributed by atoms with Gasteiger partial charge in [0.15, 0.2) is 5.82 Å². The van der Waals surface area contributed by atoms with E-state index < -0.39 is 9.84 Å². The zero-order valence-corrected chi connectivity index (χ0v) is 14.9. The predicted octanol–water partition coefficient (Wildman–Crippen LogP) is 1.01. The van der Waals surface area contributed by atoms with Crippen molar-refractivity contribution in [2.45, 2.75) is 25.8 Å². The largest absolute Gasteiger partial charge is 0.325 e. The second kappa shape index (κ2) is 6.79.